The Morgan fingerprint density at radius 2 is 1.59 bits per heavy atom. The first-order valence-corrected chi connectivity index (χ1v) is 9.87. The van der Waals surface area contributed by atoms with Crippen LogP contribution >= 0.6 is 0 Å². The predicted octanol–water partition coefficient (Wildman–Crippen LogP) is 3.20. The maximum absolute atomic E-state index is 12.9. The van der Waals surface area contributed by atoms with E-state index >= 15 is 0 Å². The number of hydrogen-bond acceptors (Lipinski definition) is 8. The number of esters is 2. The van der Waals surface area contributed by atoms with Gasteiger partial charge in [-0.2, -0.15) is 0 Å². The molecule has 1 atom stereocenters. The number of aromatic hydroxyl groups is 2. The lowest BCUT2D eigenvalue weighted by Gasteiger charge is -2.36. The van der Waals surface area contributed by atoms with E-state index in [1.54, 1.807) is 12.1 Å². The number of carbonyl (C=O) groups excluding carboxylic acids is 2. The van der Waals surface area contributed by atoms with Gasteiger partial charge in [-0.05, 0) is 49.4 Å². The van der Waals surface area contributed by atoms with Gasteiger partial charge in [0.1, 0.15) is 29.6 Å². The molecule has 162 valence electrons. The molecule has 2 aliphatic rings. The molecule has 0 aliphatic carbocycles. The van der Waals surface area contributed by atoms with Crippen LogP contribution in [0, 0.1) is 0 Å². The van der Waals surface area contributed by atoms with Gasteiger partial charge in [0.05, 0.1) is 17.2 Å². The first-order chi connectivity index (χ1) is 15.3. The molecule has 1 unspecified atom stereocenters. The van der Waals surface area contributed by atoms with Crippen molar-refractivity contribution in [1.29, 1.82) is 0 Å². The number of hydrogen-bond donors (Lipinski definition) is 3. The van der Waals surface area contributed by atoms with Crippen molar-refractivity contribution >= 4 is 11.9 Å². The summed E-state index contributed by atoms with van der Waals surface area (Å²) in [4.78, 5) is 25.4. The van der Waals surface area contributed by atoms with Gasteiger partial charge in [-0.25, -0.2) is 9.59 Å². The maximum atomic E-state index is 12.9. The zero-order valence-corrected chi connectivity index (χ0v) is 16.9. The van der Waals surface area contributed by atoms with Gasteiger partial charge >= 0.3 is 11.9 Å². The Bertz CT molecular complexity index is 1230. The molecule has 0 bridgehead atoms. The number of phenols is 2. The topological polar surface area (TPSA) is 123 Å². The highest BCUT2D eigenvalue weighted by molar-refractivity contribution is 5.99. The van der Waals surface area contributed by atoms with E-state index in [1.807, 2.05) is 0 Å². The molecule has 2 aliphatic heterocycles. The third kappa shape index (κ3) is 2.88. The van der Waals surface area contributed by atoms with Crippen LogP contribution in [0.3, 0.4) is 0 Å². The van der Waals surface area contributed by atoms with Crippen molar-refractivity contribution in [1.82, 2.24) is 0 Å². The Kier molecular flexibility index (Phi) is 4.35. The highest BCUT2D eigenvalue weighted by Crippen LogP contribution is 2.57. The first-order valence-electron chi connectivity index (χ1n) is 9.87. The summed E-state index contributed by atoms with van der Waals surface area (Å²) in [6.07, 6.45) is -0.820. The largest absolute Gasteiger partial charge is 0.508 e. The quantitative estimate of drug-likeness (QED) is 0.537. The molecule has 0 saturated carbocycles. The van der Waals surface area contributed by atoms with Gasteiger partial charge in [-0.3, -0.25) is 0 Å². The molecule has 8 nitrogen and oxygen atoms in total. The molecule has 0 amide bonds. The van der Waals surface area contributed by atoms with Gasteiger partial charge in [-0.1, -0.05) is 0 Å². The number of phenolic OH excluding ortho intramolecular Hbond substituents is 2. The van der Waals surface area contributed by atoms with Gasteiger partial charge in [0, 0.05) is 28.8 Å². The highest BCUT2D eigenvalue weighted by atomic mass is 16.6. The van der Waals surface area contributed by atoms with Crippen LogP contribution in [-0.2, 0) is 15.1 Å². The van der Waals surface area contributed by atoms with Crippen LogP contribution < -0.4 is 4.74 Å². The number of rotatable bonds is 3. The van der Waals surface area contributed by atoms with Crippen LogP contribution in [0.15, 0.2) is 54.6 Å². The van der Waals surface area contributed by atoms with Crippen LogP contribution in [0.4, 0.5) is 0 Å². The summed E-state index contributed by atoms with van der Waals surface area (Å²) in [7, 11) is 0. The van der Waals surface area contributed by atoms with E-state index in [-0.39, 0.29) is 40.7 Å². The van der Waals surface area contributed by atoms with Gasteiger partial charge in [0.15, 0.2) is 5.60 Å². The smallest absolute Gasteiger partial charge is 0.340 e. The Morgan fingerprint density at radius 3 is 2.19 bits per heavy atom. The van der Waals surface area contributed by atoms with Crippen molar-refractivity contribution in [3.63, 3.8) is 0 Å². The second-order valence-electron chi connectivity index (χ2n) is 7.74. The van der Waals surface area contributed by atoms with Gasteiger partial charge in [-0.15, -0.1) is 0 Å². The van der Waals surface area contributed by atoms with Crippen LogP contribution in [0.25, 0.3) is 0 Å². The second kappa shape index (κ2) is 7.00. The first kappa shape index (κ1) is 19.9. The van der Waals surface area contributed by atoms with E-state index < -0.39 is 23.6 Å². The molecule has 2 heterocycles. The van der Waals surface area contributed by atoms with Crippen LogP contribution in [0.1, 0.15) is 44.3 Å². The zero-order chi connectivity index (χ0) is 22.6. The molecular formula is C24H18O8. The average Bonchev–Trinajstić information content (AvgIpc) is 3.04. The fraction of sp³-hybridized carbons (Fsp3) is 0.167. The Morgan fingerprint density at radius 1 is 0.969 bits per heavy atom. The number of aliphatic hydroxyl groups excluding tert-OH is 1. The van der Waals surface area contributed by atoms with Crippen molar-refractivity contribution < 1.29 is 39.1 Å². The zero-order valence-electron chi connectivity index (χ0n) is 16.9. The minimum absolute atomic E-state index is 0.0532. The molecule has 0 aromatic heterocycles. The van der Waals surface area contributed by atoms with E-state index in [2.05, 4.69) is 0 Å². The SMILES string of the molecule is CC(O)COC(=O)c1ccc2c(c1)C1(OC2=O)c2ccc(O)cc2Oc2cc(O)ccc21. The lowest BCUT2D eigenvalue weighted by Crippen LogP contribution is -2.33. The van der Waals surface area contributed by atoms with E-state index in [4.69, 9.17) is 14.2 Å². The molecule has 3 aromatic rings. The van der Waals surface area contributed by atoms with Crippen LogP contribution in [0.5, 0.6) is 23.0 Å². The number of fused-ring (bicyclic) bond motifs is 6. The van der Waals surface area contributed by atoms with Gasteiger partial charge in [0.25, 0.3) is 0 Å². The van der Waals surface area contributed by atoms with Crippen molar-refractivity contribution in [2.75, 3.05) is 6.61 Å². The lowest BCUT2D eigenvalue weighted by atomic mass is 9.77. The molecule has 8 heteroatoms. The predicted molar refractivity (Wildman–Crippen MR) is 110 cm³/mol. The fourth-order valence-corrected chi connectivity index (χ4v) is 4.11. The minimum Gasteiger partial charge on any atom is -0.508 e. The molecule has 3 N–H and O–H groups in total. The van der Waals surface area contributed by atoms with Crippen molar-refractivity contribution in [3.05, 3.63) is 82.4 Å². The molecule has 1 spiro atoms. The molecule has 32 heavy (non-hydrogen) atoms. The third-order valence-electron chi connectivity index (χ3n) is 5.46. The number of benzene rings is 3. The van der Waals surface area contributed by atoms with Crippen LogP contribution in [0.2, 0.25) is 0 Å². The summed E-state index contributed by atoms with van der Waals surface area (Å²) in [6, 6.07) is 13.3. The third-order valence-corrected chi connectivity index (χ3v) is 5.46. The summed E-state index contributed by atoms with van der Waals surface area (Å²) in [6.45, 7) is 1.33. The Labute approximate surface area is 182 Å². The Balaban J connectivity index is 1.74. The maximum Gasteiger partial charge on any atom is 0.340 e. The van der Waals surface area contributed by atoms with E-state index in [0.717, 1.165) is 0 Å². The molecular weight excluding hydrogens is 416 g/mol. The average molecular weight is 434 g/mol. The standard InChI is InChI=1S/C24H18O8/c1-12(25)11-30-22(28)13-2-5-16-19(8-13)24(32-23(16)29)17-6-3-14(26)9-20(17)31-21-10-15(27)4-7-18(21)24/h2-10,12,25-27H,11H2,1H3. The molecule has 5 rings (SSSR count). The number of carbonyl (C=O) groups is 2. The van der Waals surface area contributed by atoms with Gasteiger partial charge in [0.2, 0.25) is 0 Å². The second-order valence-corrected chi connectivity index (χ2v) is 7.74. The van der Waals surface area contributed by atoms with E-state index in [1.165, 1.54) is 49.4 Å². The van der Waals surface area contributed by atoms with Crippen molar-refractivity contribution in [2.45, 2.75) is 18.6 Å². The number of ether oxygens (including phenoxy) is 3. The molecule has 0 fully saturated rings. The monoisotopic (exact) mass is 434 g/mol. The molecule has 3 aromatic carbocycles. The Hall–Kier alpha value is -4.04. The summed E-state index contributed by atoms with van der Waals surface area (Å²) >= 11 is 0. The molecule has 0 saturated heterocycles. The van der Waals surface area contributed by atoms with E-state index in [0.29, 0.717) is 16.7 Å². The van der Waals surface area contributed by atoms with Crippen molar-refractivity contribution in [3.8, 4) is 23.0 Å². The lowest BCUT2D eigenvalue weighted by molar-refractivity contribution is 0.0224. The normalized spacial score (nSPS) is 15.8. The fourth-order valence-electron chi connectivity index (χ4n) is 4.11. The van der Waals surface area contributed by atoms with Crippen LogP contribution in [-0.4, -0.2) is 40.0 Å². The highest BCUT2D eigenvalue weighted by Gasteiger charge is 2.53. The minimum atomic E-state index is -1.46. The summed E-state index contributed by atoms with van der Waals surface area (Å²) in [5, 5.41) is 29.3. The summed E-state index contributed by atoms with van der Waals surface area (Å²) in [5.41, 5.74) is 0.282. The van der Waals surface area contributed by atoms with E-state index in [9.17, 15) is 24.9 Å². The van der Waals surface area contributed by atoms with Gasteiger partial charge < -0.3 is 29.5 Å². The molecule has 0 radical (unpaired) electrons. The van der Waals surface area contributed by atoms with Crippen molar-refractivity contribution in [2.24, 2.45) is 0 Å². The summed E-state index contributed by atoms with van der Waals surface area (Å²) in [5.74, 6) is -0.877. The summed E-state index contributed by atoms with van der Waals surface area (Å²) < 4.78 is 17.0. The number of aliphatic hydroxyl groups is 1.